The highest BCUT2D eigenvalue weighted by atomic mass is 35.5. The number of rotatable bonds is 5. The molecule has 178 valence electrons. The first kappa shape index (κ1) is 22.7. The van der Waals surface area contributed by atoms with Gasteiger partial charge in [-0.05, 0) is 53.9 Å². The SMILES string of the molecule is CN1C(=O)CCC(C)(C)c2cc(Nc3ncc(Cl)c(NC4C5C=CC(C5)C4C(N)=O)n3)ccc21. The number of carbonyl (C=O) groups is 2. The van der Waals surface area contributed by atoms with E-state index in [1.165, 1.54) is 0 Å². The number of primary amides is 1. The van der Waals surface area contributed by atoms with Crippen LogP contribution in [0.4, 0.5) is 23.1 Å². The van der Waals surface area contributed by atoms with Gasteiger partial charge in [-0.25, -0.2) is 4.98 Å². The first-order valence-corrected chi connectivity index (χ1v) is 12.0. The molecule has 3 aliphatic rings. The Morgan fingerprint density at radius 3 is 2.79 bits per heavy atom. The van der Waals surface area contributed by atoms with Gasteiger partial charge in [0.1, 0.15) is 5.02 Å². The van der Waals surface area contributed by atoms with E-state index in [-0.39, 0.29) is 41.0 Å². The molecule has 5 rings (SSSR count). The average Bonchev–Trinajstić information content (AvgIpc) is 3.39. The highest BCUT2D eigenvalue weighted by Crippen LogP contribution is 2.45. The van der Waals surface area contributed by atoms with Crippen LogP contribution in [0.25, 0.3) is 0 Å². The number of carbonyl (C=O) groups excluding carboxylic acids is 2. The van der Waals surface area contributed by atoms with Crippen LogP contribution in [0.15, 0.2) is 36.5 Å². The van der Waals surface area contributed by atoms with Gasteiger partial charge >= 0.3 is 0 Å². The third kappa shape index (κ3) is 3.90. The molecule has 4 unspecified atom stereocenters. The molecule has 2 amide bonds. The molecule has 8 nitrogen and oxygen atoms in total. The predicted octanol–water partition coefficient (Wildman–Crippen LogP) is 4.00. The number of anilines is 4. The minimum absolute atomic E-state index is 0.119. The van der Waals surface area contributed by atoms with Crippen LogP contribution in [0.5, 0.6) is 0 Å². The van der Waals surface area contributed by atoms with Crippen LogP contribution in [0.2, 0.25) is 5.02 Å². The van der Waals surface area contributed by atoms with Crippen molar-refractivity contribution in [3.8, 4) is 0 Å². The van der Waals surface area contributed by atoms with Crippen molar-refractivity contribution < 1.29 is 9.59 Å². The molecule has 0 spiro atoms. The van der Waals surface area contributed by atoms with Crippen molar-refractivity contribution in [1.29, 1.82) is 0 Å². The van der Waals surface area contributed by atoms with Crippen LogP contribution in [0.1, 0.15) is 38.7 Å². The molecule has 2 aromatic rings. The highest BCUT2D eigenvalue weighted by molar-refractivity contribution is 6.32. The summed E-state index contributed by atoms with van der Waals surface area (Å²) >= 11 is 6.40. The summed E-state index contributed by atoms with van der Waals surface area (Å²) in [6, 6.07) is 5.78. The van der Waals surface area contributed by atoms with E-state index in [1.54, 1.807) is 11.1 Å². The van der Waals surface area contributed by atoms with Gasteiger partial charge in [0, 0.05) is 30.9 Å². The molecular formula is C25H29ClN6O2. The summed E-state index contributed by atoms with van der Waals surface area (Å²) in [7, 11) is 1.82. The van der Waals surface area contributed by atoms with Crippen LogP contribution in [-0.4, -0.2) is 34.9 Å². The predicted molar refractivity (Wildman–Crippen MR) is 133 cm³/mol. The van der Waals surface area contributed by atoms with Crippen LogP contribution < -0.4 is 21.3 Å². The molecule has 2 heterocycles. The molecule has 1 aromatic heterocycles. The van der Waals surface area contributed by atoms with Gasteiger partial charge in [-0.15, -0.1) is 0 Å². The molecule has 4 N–H and O–H groups in total. The number of nitrogens with two attached hydrogens (primary N) is 1. The lowest BCUT2D eigenvalue weighted by Gasteiger charge is -2.27. The van der Waals surface area contributed by atoms with Gasteiger partial charge in [0.15, 0.2) is 5.82 Å². The first-order chi connectivity index (χ1) is 16.1. The number of benzene rings is 1. The van der Waals surface area contributed by atoms with Gasteiger partial charge in [-0.2, -0.15) is 4.98 Å². The van der Waals surface area contributed by atoms with Gasteiger partial charge in [0.25, 0.3) is 0 Å². The average molecular weight is 481 g/mol. The number of aromatic nitrogens is 2. The Morgan fingerprint density at radius 1 is 1.26 bits per heavy atom. The molecule has 0 radical (unpaired) electrons. The molecular weight excluding hydrogens is 452 g/mol. The monoisotopic (exact) mass is 480 g/mol. The number of hydrogen-bond donors (Lipinski definition) is 3. The molecule has 9 heteroatoms. The number of allylic oxidation sites excluding steroid dienone is 1. The zero-order chi connectivity index (χ0) is 24.2. The van der Waals surface area contributed by atoms with Crippen LogP contribution in [0, 0.1) is 17.8 Å². The van der Waals surface area contributed by atoms with E-state index in [2.05, 4.69) is 52.7 Å². The van der Waals surface area contributed by atoms with Crippen molar-refractivity contribution in [2.75, 3.05) is 22.6 Å². The fourth-order valence-electron chi connectivity index (χ4n) is 5.53. The first-order valence-electron chi connectivity index (χ1n) is 11.6. The second-order valence-corrected chi connectivity index (χ2v) is 10.5. The van der Waals surface area contributed by atoms with E-state index in [0.29, 0.717) is 23.2 Å². The summed E-state index contributed by atoms with van der Waals surface area (Å²) in [6.45, 7) is 4.31. The van der Waals surface area contributed by atoms with E-state index in [1.807, 2.05) is 19.2 Å². The molecule has 1 fully saturated rings. The molecule has 2 aliphatic carbocycles. The second-order valence-electron chi connectivity index (χ2n) is 10.1. The maximum Gasteiger partial charge on any atom is 0.229 e. The minimum Gasteiger partial charge on any atom is -0.369 e. The van der Waals surface area contributed by atoms with Gasteiger partial charge in [0.05, 0.1) is 12.1 Å². The van der Waals surface area contributed by atoms with E-state index < -0.39 is 0 Å². The zero-order valence-electron chi connectivity index (χ0n) is 19.5. The Hall–Kier alpha value is -3.13. The molecule has 1 aromatic carbocycles. The summed E-state index contributed by atoms with van der Waals surface area (Å²) in [5, 5.41) is 7.01. The quantitative estimate of drug-likeness (QED) is 0.557. The Bertz CT molecular complexity index is 1200. The summed E-state index contributed by atoms with van der Waals surface area (Å²) in [4.78, 5) is 35.1. The molecule has 34 heavy (non-hydrogen) atoms. The van der Waals surface area contributed by atoms with Crippen molar-refractivity contribution in [2.45, 2.75) is 44.6 Å². The Balaban J connectivity index is 1.41. The topological polar surface area (TPSA) is 113 Å². The maximum atomic E-state index is 12.4. The number of nitrogens with one attached hydrogen (secondary N) is 2. The largest absolute Gasteiger partial charge is 0.369 e. The minimum atomic E-state index is -0.311. The summed E-state index contributed by atoms with van der Waals surface area (Å²) in [6.07, 6.45) is 7.95. The second kappa shape index (κ2) is 8.27. The lowest BCUT2D eigenvalue weighted by atomic mass is 9.80. The third-order valence-corrected chi connectivity index (χ3v) is 7.79. The fraction of sp³-hybridized carbons (Fsp3) is 0.440. The van der Waals surface area contributed by atoms with E-state index in [9.17, 15) is 9.59 Å². The molecule has 0 saturated heterocycles. The summed E-state index contributed by atoms with van der Waals surface area (Å²) in [5.74, 6) is 0.753. The van der Waals surface area contributed by atoms with Crippen molar-refractivity contribution in [2.24, 2.45) is 23.5 Å². The van der Waals surface area contributed by atoms with Crippen molar-refractivity contribution in [3.63, 3.8) is 0 Å². The van der Waals surface area contributed by atoms with Gasteiger partial charge in [-0.3, -0.25) is 9.59 Å². The standard InChI is InChI=1S/C25H29ClN6O2/c1-25(2)9-8-19(33)32(3)18-7-6-15(11-16(18)25)29-24-28-12-17(26)23(31-24)30-21-14-5-4-13(10-14)20(21)22(27)34/h4-7,11-14,20-21H,8-10H2,1-3H3,(H2,27,34)(H2,28,29,30,31). The van der Waals surface area contributed by atoms with Crippen LogP contribution in [0.3, 0.4) is 0 Å². The lowest BCUT2D eigenvalue weighted by molar-refractivity contribution is -0.122. The van der Waals surface area contributed by atoms with Gasteiger partial charge in [-0.1, -0.05) is 37.6 Å². The smallest absolute Gasteiger partial charge is 0.229 e. The number of nitrogens with zero attached hydrogens (tertiary/aromatic N) is 3. The molecule has 4 atom stereocenters. The summed E-state index contributed by atoms with van der Waals surface area (Å²) in [5.41, 5.74) is 8.37. The van der Waals surface area contributed by atoms with E-state index >= 15 is 0 Å². The number of hydrogen-bond acceptors (Lipinski definition) is 6. The Kier molecular flexibility index (Phi) is 5.51. The van der Waals surface area contributed by atoms with E-state index in [0.717, 1.165) is 29.8 Å². The van der Waals surface area contributed by atoms with Crippen molar-refractivity contribution in [1.82, 2.24) is 9.97 Å². The van der Waals surface area contributed by atoms with Gasteiger partial charge in [0.2, 0.25) is 17.8 Å². The normalized spacial score (nSPS) is 26.8. The molecule has 1 aliphatic heterocycles. The molecule has 2 bridgehead atoms. The zero-order valence-corrected chi connectivity index (χ0v) is 20.3. The number of amides is 2. The molecule has 1 saturated carbocycles. The number of halogens is 1. The Labute approximate surface area is 204 Å². The maximum absolute atomic E-state index is 12.4. The summed E-state index contributed by atoms with van der Waals surface area (Å²) < 4.78 is 0. The number of fused-ring (bicyclic) bond motifs is 3. The fourth-order valence-corrected chi connectivity index (χ4v) is 5.67. The van der Waals surface area contributed by atoms with Crippen molar-refractivity contribution >= 4 is 46.6 Å². The van der Waals surface area contributed by atoms with Gasteiger partial charge < -0.3 is 21.3 Å². The lowest BCUT2D eigenvalue weighted by Crippen LogP contribution is -2.41. The highest BCUT2D eigenvalue weighted by Gasteiger charge is 2.47. The Morgan fingerprint density at radius 2 is 2.03 bits per heavy atom. The van der Waals surface area contributed by atoms with Crippen LogP contribution >= 0.6 is 11.6 Å². The van der Waals surface area contributed by atoms with E-state index in [4.69, 9.17) is 17.3 Å². The van der Waals surface area contributed by atoms with Crippen molar-refractivity contribution in [3.05, 3.63) is 47.1 Å². The third-order valence-electron chi connectivity index (χ3n) is 7.52. The van der Waals surface area contributed by atoms with Crippen LogP contribution in [-0.2, 0) is 15.0 Å².